The SMILES string of the molecule is CCCN(C)c1cc(Cl)nc(SCc2ccc(C(=O)NOCC)cc2)n1. The number of anilines is 1. The summed E-state index contributed by atoms with van der Waals surface area (Å²) in [4.78, 5) is 27.6. The Kier molecular flexibility index (Phi) is 8.15. The zero-order chi connectivity index (χ0) is 18.9. The predicted molar refractivity (Wildman–Crippen MR) is 106 cm³/mol. The minimum absolute atomic E-state index is 0.257. The van der Waals surface area contributed by atoms with Crippen molar-refractivity contribution in [3.05, 3.63) is 46.6 Å². The van der Waals surface area contributed by atoms with Crippen LogP contribution in [-0.4, -0.2) is 36.1 Å². The topological polar surface area (TPSA) is 67.4 Å². The van der Waals surface area contributed by atoms with Gasteiger partial charge in [-0.05, 0) is 31.0 Å². The van der Waals surface area contributed by atoms with Gasteiger partial charge >= 0.3 is 0 Å². The van der Waals surface area contributed by atoms with Gasteiger partial charge < -0.3 is 4.90 Å². The van der Waals surface area contributed by atoms with E-state index >= 15 is 0 Å². The summed E-state index contributed by atoms with van der Waals surface area (Å²) in [5, 5.41) is 1.07. The number of benzene rings is 1. The molecule has 0 atom stereocenters. The fourth-order valence-corrected chi connectivity index (χ4v) is 3.23. The summed E-state index contributed by atoms with van der Waals surface area (Å²) in [6, 6.07) is 9.12. The second-order valence-corrected chi connectivity index (χ2v) is 6.93. The number of thioether (sulfide) groups is 1. The lowest BCUT2D eigenvalue weighted by Crippen LogP contribution is -2.23. The number of hydrogen-bond acceptors (Lipinski definition) is 6. The normalized spacial score (nSPS) is 10.6. The lowest BCUT2D eigenvalue weighted by atomic mass is 10.1. The standard InChI is InChI=1S/C18H23ClN4O2S/c1-4-10-23(3)16-11-15(19)20-18(21-16)26-12-13-6-8-14(9-7-13)17(24)22-25-5-2/h6-9,11H,4-5,10,12H2,1-3H3,(H,22,24). The summed E-state index contributed by atoms with van der Waals surface area (Å²) in [6.07, 6.45) is 1.03. The van der Waals surface area contributed by atoms with Crippen molar-refractivity contribution >= 4 is 35.1 Å². The van der Waals surface area contributed by atoms with Gasteiger partial charge in [-0.25, -0.2) is 15.4 Å². The van der Waals surface area contributed by atoms with Crippen LogP contribution >= 0.6 is 23.4 Å². The Morgan fingerprint density at radius 2 is 2.00 bits per heavy atom. The molecule has 1 heterocycles. The molecule has 0 aliphatic carbocycles. The lowest BCUT2D eigenvalue weighted by molar-refractivity contribution is 0.0364. The van der Waals surface area contributed by atoms with Crippen molar-refractivity contribution in [1.29, 1.82) is 0 Å². The number of amides is 1. The third-order valence-electron chi connectivity index (χ3n) is 3.50. The van der Waals surface area contributed by atoms with Crippen LogP contribution in [0.1, 0.15) is 36.2 Å². The summed E-state index contributed by atoms with van der Waals surface area (Å²) >= 11 is 7.63. The molecule has 0 aliphatic heterocycles. The summed E-state index contributed by atoms with van der Waals surface area (Å²) in [5.41, 5.74) is 3.99. The van der Waals surface area contributed by atoms with Crippen LogP contribution in [0.3, 0.4) is 0 Å². The first kappa shape index (κ1) is 20.5. The van der Waals surface area contributed by atoms with Gasteiger partial charge in [0.05, 0.1) is 6.61 Å². The number of nitrogens with zero attached hydrogens (tertiary/aromatic N) is 3. The second-order valence-electron chi connectivity index (χ2n) is 5.60. The van der Waals surface area contributed by atoms with E-state index in [0.29, 0.717) is 28.2 Å². The third-order valence-corrected chi connectivity index (χ3v) is 4.62. The average molecular weight is 395 g/mol. The molecule has 2 rings (SSSR count). The molecule has 140 valence electrons. The Hall–Kier alpha value is -1.83. The van der Waals surface area contributed by atoms with E-state index in [-0.39, 0.29) is 5.91 Å². The van der Waals surface area contributed by atoms with Crippen LogP contribution < -0.4 is 10.4 Å². The van der Waals surface area contributed by atoms with Crippen LogP contribution in [0.4, 0.5) is 5.82 Å². The molecule has 1 aromatic heterocycles. The van der Waals surface area contributed by atoms with Crippen molar-refractivity contribution in [3.8, 4) is 0 Å². The summed E-state index contributed by atoms with van der Waals surface area (Å²) in [5.74, 6) is 1.25. The fourth-order valence-electron chi connectivity index (χ4n) is 2.19. The fraction of sp³-hybridized carbons (Fsp3) is 0.389. The number of nitrogens with one attached hydrogen (secondary N) is 1. The van der Waals surface area contributed by atoms with E-state index in [1.54, 1.807) is 18.2 Å². The Bertz CT molecular complexity index is 728. The number of rotatable bonds is 9. The number of hydrogen-bond donors (Lipinski definition) is 1. The molecule has 0 saturated heterocycles. The molecule has 0 unspecified atom stereocenters. The van der Waals surface area contributed by atoms with Crippen molar-refractivity contribution in [3.63, 3.8) is 0 Å². The molecule has 26 heavy (non-hydrogen) atoms. The monoisotopic (exact) mass is 394 g/mol. The van der Waals surface area contributed by atoms with Crippen molar-refractivity contribution in [1.82, 2.24) is 15.4 Å². The first-order valence-electron chi connectivity index (χ1n) is 8.43. The quantitative estimate of drug-likeness (QED) is 0.300. The van der Waals surface area contributed by atoms with Crippen LogP contribution in [0.5, 0.6) is 0 Å². The molecule has 8 heteroatoms. The molecule has 2 aromatic rings. The van der Waals surface area contributed by atoms with Crippen molar-refractivity contribution in [2.75, 3.05) is 25.1 Å². The van der Waals surface area contributed by atoms with Crippen molar-refractivity contribution in [2.45, 2.75) is 31.2 Å². The van der Waals surface area contributed by atoms with Gasteiger partial charge in [-0.15, -0.1) is 0 Å². The van der Waals surface area contributed by atoms with E-state index in [0.717, 1.165) is 24.3 Å². The maximum atomic E-state index is 11.8. The van der Waals surface area contributed by atoms with Gasteiger partial charge in [-0.2, -0.15) is 0 Å². The summed E-state index contributed by atoms with van der Waals surface area (Å²) in [6.45, 7) is 5.26. The highest BCUT2D eigenvalue weighted by Gasteiger charge is 2.09. The van der Waals surface area contributed by atoms with E-state index in [4.69, 9.17) is 16.4 Å². The molecule has 1 N–H and O–H groups in total. The summed E-state index contributed by atoms with van der Waals surface area (Å²) < 4.78 is 0. The molecule has 0 radical (unpaired) electrons. The second kappa shape index (κ2) is 10.4. The number of halogens is 1. The minimum Gasteiger partial charge on any atom is -0.360 e. The van der Waals surface area contributed by atoms with Gasteiger partial charge in [0, 0.05) is 31.0 Å². The molecule has 6 nitrogen and oxygen atoms in total. The van der Waals surface area contributed by atoms with E-state index in [1.807, 2.05) is 26.1 Å². The highest BCUT2D eigenvalue weighted by molar-refractivity contribution is 7.98. The van der Waals surface area contributed by atoms with Crippen LogP contribution in [-0.2, 0) is 10.6 Å². The van der Waals surface area contributed by atoms with Gasteiger partial charge in [-0.3, -0.25) is 9.63 Å². The summed E-state index contributed by atoms with van der Waals surface area (Å²) in [7, 11) is 1.99. The average Bonchev–Trinajstić information content (AvgIpc) is 2.64. The maximum absolute atomic E-state index is 11.8. The van der Waals surface area contributed by atoms with Crippen LogP contribution in [0.25, 0.3) is 0 Å². The zero-order valence-corrected chi connectivity index (χ0v) is 16.7. The van der Waals surface area contributed by atoms with Gasteiger partial charge in [0.1, 0.15) is 11.0 Å². The van der Waals surface area contributed by atoms with Crippen LogP contribution in [0, 0.1) is 0 Å². The highest BCUT2D eigenvalue weighted by Crippen LogP contribution is 2.24. The van der Waals surface area contributed by atoms with Crippen LogP contribution in [0.2, 0.25) is 5.15 Å². The van der Waals surface area contributed by atoms with Gasteiger partial charge in [0.2, 0.25) is 0 Å². The molecule has 0 fully saturated rings. The van der Waals surface area contributed by atoms with Gasteiger partial charge in [0.15, 0.2) is 5.16 Å². The minimum atomic E-state index is -0.257. The van der Waals surface area contributed by atoms with E-state index < -0.39 is 0 Å². The zero-order valence-electron chi connectivity index (χ0n) is 15.2. The Labute approximate surface area is 163 Å². The lowest BCUT2D eigenvalue weighted by Gasteiger charge is -2.17. The van der Waals surface area contributed by atoms with Crippen LogP contribution in [0.15, 0.2) is 35.5 Å². The van der Waals surface area contributed by atoms with Gasteiger partial charge in [-0.1, -0.05) is 42.4 Å². The molecule has 0 spiro atoms. The molecule has 1 aromatic carbocycles. The Morgan fingerprint density at radius 3 is 2.65 bits per heavy atom. The number of aromatic nitrogens is 2. The Morgan fingerprint density at radius 1 is 1.27 bits per heavy atom. The highest BCUT2D eigenvalue weighted by atomic mass is 35.5. The molecule has 0 bridgehead atoms. The third kappa shape index (κ3) is 6.16. The van der Waals surface area contributed by atoms with Gasteiger partial charge in [0.25, 0.3) is 5.91 Å². The molecule has 1 amide bonds. The molecule has 0 aliphatic rings. The first-order chi connectivity index (χ1) is 12.5. The maximum Gasteiger partial charge on any atom is 0.274 e. The van der Waals surface area contributed by atoms with E-state index in [2.05, 4.69) is 27.3 Å². The molecular formula is C18H23ClN4O2S. The number of carbonyl (C=O) groups is 1. The van der Waals surface area contributed by atoms with E-state index in [1.165, 1.54) is 11.8 Å². The largest absolute Gasteiger partial charge is 0.360 e. The smallest absolute Gasteiger partial charge is 0.274 e. The predicted octanol–water partition coefficient (Wildman–Crippen LogP) is 3.95. The van der Waals surface area contributed by atoms with E-state index in [9.17, 15) is 4.79 Å². The first-order valence-corrected chi connectivity index (χ1v) is 9.79. The molecular weight excluding hydrogens is 372 g/mol. The van der Waals surface area contributed by atoms with Crippen molar-refractivity contribution in [2.24, 2.45) is 0 Å². The number of carbonyl (C=O) groups excluding carboxylic acids is 1. The molecule has 0 saturated carbocycles. The number of hydroxylamine groups is 1. The van der Waals surface area contributed by atoms with Crippen molar-refractivity contribution < 1.29 is 9.63 Å². The Balaban J connectivity index is 1.99.